The van der Waals surface area contributed by atoms with E-state index < -0.39 is 0 Å². The minimum absolute atomic E-state index is 0.211. The number of furan rings is 1. The number of benzene rings is 2. The lowest BCUT2D eigenvalue weighted by Gasteiger charge is -2.34. The second-order valence-electron chi connectivity index (χ2n) is 7.36. The smallest absolute Gasteiger partial charge is 0.135 e. The molecule has 4 heteroatoms. The van der Waals surface area contributed by atoms with Crippen molar-refractivity contribution in [2.45, 2.75) is 38.8 Å². The van der Waals surface area contributed by atoms with Gasteiger partial charge in [0.2, 0.25) is 0 Å². The molecule has 4 rings (SSSR count). The number of hydrogen-bond donors (Lipinski definition) is 1. The van der Waals surface area contributed by atoms with Crippen molar-refractivity contribution in [1.82, 2.24) is 4.90 Å². The quantitative estimate of drug-likeness (QED) is 0.708. The summed E-state index contributed by atoms with van der Waals surface area (Å²) in [6.45, 7) is 4.01. The molecule has 0 bridgehead atoms. The van der Waals surface area contributed by atoms with Crippen molar-refractivity contribution in [3.8, 4) is 16.9 Å². The van der Waals surface area contributed by atoms with Crippen molar-refractivity contribution >= 4 is 11.0 Å². The molecule has 27 heavy (non-hydrogen) atoms. The van der Waals surface area contributed by atoms with Gasteiger partial charge in [-0.1, -0.05) is 36.8 Å². The molecule has 4 nitrogen and oxygen atoms in total. The van der Waals surface area contributed by atoms with Gasteiger partial charge < -0.3 is 14.3 Å². The summed E-state index contributed by atoms with van der Waals surface area (Å²) in [6, 6.07) is 14.8. The van der Waals surface area contributed by atoms with Crippen molar-refractivity contribution in [1.29, 1.82) is 0 Å². The van der Waals surface area contributed by atoms with Gasteiger partial charge in [0.25, 0.3) is 0 Å². The lowest BCUT2D eigenvalue weighted by atomic mass is 9.99. The number of hydrogen-bond acceptors (Lipinski definition) is 4. The summed E-state index contributed by atoms with van der Waals surface area (Å²) in [5.41, 5.74) is 4.28. The maximum absolute atomic E-state index is 9.71. The standard InChI is InChI=1S/C23H27NO3/c1-16-23(17-8-4-3-5-9-17)20-13-21(26-2)18(12-22(20)27-16)14-24-11-7-6-10-19(24)15-25/h3-5,8-9,12-13,19,25H,6-7,10-11,14-15H2,1-2H3. The van der Waals surface area contributed by atoms with E-state index in [0.717, 1.165) is 58.7 Å². The molecule has 1 aromatic heterocycles. The van der Waals surface area contributed by atoms with E-state index in [1.165, 1.54) is 12.8 Å². The van der Waals surface area contributed by atoms with Gasteiger partial charge in [0, 0.05) is 29.1 Å². The Hall–Kier alpha value is -2.30. The molecule has 1 atom stereocenters. The van der Waals surface area contributed by atoms with Crippen molar-refractivity contribution < 1.29 is 14.3 Å². The first-order valence-electron chi connectivity index (χ1n) is 9.71. The van der Waals surface area contributed by atoms with E-state index in [-0.39, 0.29) is 12.6 Å². The maximum Gasteiger partial charge on any atom is 0.135 e. The highest BCUT2D eigenvalue weighted by molar-refractivity contribution is 5.97. The van der Waals surface area contributed by atoms with Gasteiger partial charge in [0.15, 0.2) is 0 Å². The number of nitrogens with zero attached hydrogens (tertiary/aromatic N) is 1. The second-order valence-corrected chi connectivity index (χ2v) is 7.36. The van der Waals surface area contributed by atoms with E-state index >= 15 is 0 Å². The van der Waals surface area contributed by atoms with Crippen LogP contribution in [0, 0.1) is 6.92 Å². The molecule has 1 unspecified atom stereocenters. The van der Waals surface area contributed by atoms with E-state index in [1.807, 2.05) is 25.1 Å². The Morgan fingerprint density at radius 2 is 2.00 bits per heavy atom. The Morgan fingerprint density at radius 3 is 2.74 bits per heavy atom. The number of aryl methyl sites for hydroxylation is 1. The first-order chi connectivity index (χ1) is 13.2. The monoisotopic (exact) mass is 365 g/mol. The van der Waals surface area contributed by atoms with E-state index in [1.54, 1.807) is 7.11 Å². The predicted octanol–water partition coefficient (Wildman–Crippen LogP) is 4.76. The summed E-state index contributed by atoms with van der Waals surface area (Å²) in [6.07, 6.45) is 3.42. The number of ether oxygens (including phenoxy) is 1. The van der Waals surface area contributed by atoms with Crippen molar-refractivity contribution in [3.05, 3.63) is 53.8 Å². The summed E-state index contributed by atoms with van der Waals surface area (Å²) in [7, 11) is 1.72. The fourth-order valence-corrected chi connectivity index (χ4v) is 4.26. The van der Waals surface area contributed by atoms with Crippen molar-refractivity contribution in [2.24, 2.45) is 0 Å². The summed E-state index contributed by atoms with van der Waals surface area (Å²) < 4.78 is 11.8. The lowest BCUT2D eigenvalue weighted by molar-refractivity contribution is 0.0834. The Kier molecular flexibility index (Phi) is 5.19. The third-order valence-electron chi connectivity index (χ3n) is 5.66. The number of methoxy groups -OCH3 is 1. The third-order valence-corrected chi connectivity index (χ3v) is 5.66. The Balaban J connectivity index is 1.75. The van der Waals surface area contributed by atoms with E-state index in [0.29, 0.717) is 0 Å². The van der Waals surface area contributed by atoms with Crippen LogP contribution in [0.25, 0.3) is 22.1 Å². The summed E-state index contributed by atoms with van der Waals surface area (Å²) >= 11 is 0. The number of rotatable bonds is 5. The highest BCUT2D eigenvalue weighted by Crippen LogP contribution is 2.38. The molecule has 3 aromatic rings. The number of aliphatic hydroxyl groups excluding tert-OH is 1. The molecule has 0 aliphatic carbocycles. The molecule has 1 saturated heterocycles. The second kappa shape index (κ2) is 7.75. The summed E-state index contributed by atoms with van der Waals surface area (Å²) in [5, 5.41) is 10.8. The van der Waals surface area contributed by atoms with E-state index in [9.17, 15) is 5.11 Å². The molecule has 1 N–H and O–H groups in total. The number of fused-ring (bicyclic) bond motifs is 1. The minimum Gasteiger partial charge on any atom is -0.496 e. The molecule has 1 aliphatic rings. The first kappa shape index (κ1) is 18.1. The van der Waals surface area contributed by atoms with Gasteiger partial charge in [-0.15, -0.1) is 0 Å². The number of piperidine rings is 1. The first-order valence-corrected chi connectivity index (χ1v) is 9.71. The molecular formula is C23H27NO3. The van der Waals surface area contributed by atoms with Gasteiger partial charge in [-0.25, -0.2) is 0 Å². The molecule has 0 spiro atoms. The number of likely N-dealkylation sites (tertiary alicyclic amines) is 1. The summed E-state index contributed by atoms with van der Waals surface area (Å²) in [4.78, 5) is 2.36. The largest absolute Gasteiger partial charge is 0.496 e. The van der Waals surface area contributed by atoms with E-state index in [2.05, 4.69) is 29.2 Å². The van der Waals surface area contributed by atoms with Crippen LogP contribution in [0.1, 0.15) is 30.6 Å². The van der Waals surface area contributed by atoms with Gasteiger partial charge in [-0.3, -0.25) is 4.90 Å². The van der Waals surface area contributed by atoms with Crippen LogP contribution in [0.15, 0.2) is 46.9 Å². The number of aliphatic hydroxyl groups is 1. The molecule has 142 valence electrons. The van der Waals surface area contributed by atoms with Crippen molar-refractivity contribution in [2.75, 3.05) is 20.3 Å². The van der Waals surface area contributed by atoms with Gasteiger partial charge in [0.1, 0.15) is 17.1 Å². The normalized spacial score (nSPS) is 18.1. The zero-order chi connectivity index (χ0) is 18.8. The van der Waals surface area contributed by atoms with Crippen LogP contribution in [0.4, 0.5) is 0 Å². The van der Waals surface area contributed by atoms with E-state index in [4.69, 9.17) is 9.15 Å². The zero-order valence-electron chi connectivity index (χ0n) is 16.1. The highest BCUT2D eigenvalue weighted by atomic mass is 16.5. The van der Waals surface area contributed by atoms with Gasteiger partial charge >= 0.3 is 0 Å². The molecule has 1 aliphatic heterocycles. The SMILES string of the molecule is COc1cc2c(-c3ccccc3)c(C)oc2cc1CN1CCCCC1CO. The van der Waals surface area contributed by atoms with Crippen LogP contribution in [-0.2, 0) is 6.54 Å². The fourth-order valence-electron chi connectivity index (χ4n) is 4.26. The third kappa shape index (κ3) is 3.47. The van der Waals surface area contributed by atoms with Gasteiger partial charge in [-0.2, -0.15) is 0 Å². The minimum atomic E-state index is 0.211. The van der Waals surface area contributed by atoms with Crippen molar-refractivity contribution in [3.63, 3.8) is 0 Å². The lowest BCUT2D eigenvalue weighted by Crippen LogP contribution is -2.41. The molecule has 0 radical (unpaired) electrons. The van der Waals surface area contributed by atoms with Crippen LogP contribution in [0.5, 0.6) is 5.75 Å². The molecule has 0 saturated carbocycles. The Labute approximate surface area is 160 Å². The average molecular weight is 365 g/mol. The Bertz CT molecular complexity index is 916. The van der Waals surface area contributed by atoms with Gasteiger partial charge in [-0.05, 0) is 44.0 Å². The van der Waals surface area contributed by atoms with Crippen LogP contribution in [0.3, 0.4) is 0 Å². The predicted molar refractivity (Wildman–Crippen MR) is 108 cm³/mol. The molecule has 0 amide bonds. The van der Waals surface area contributed by atoms with Crippen LogP contribution < -0.4 is 4.74 Å². The highest BCUT2D eigenvalue weighted by Gasteiger charge is 2.24. The van der Waals surface area contributed by atoms with Crippen LogP contribution in [-0.4, -0.2) is 36.3 Å². The Morgan fingerprint density at radius 1 is 1.19 bits per heavy atom. The zero-order valence-corrected chi connectivity index (χ0v) is 16.1. The van der Waals surface area contributed by atoms with Crippen LogP contribution >= 0.6 is 0 Å². The average Bonchev–Trinajstić information content (AvgIpc) is 3.03. The molecule has 1 fully saturated rings. The van der Waals surface area contributed by atoms with Gasteiger partial charge in [0.05, 0.1) is 13.7 Å². The van der Waals surface area contributed by atoms with Crippen LogP contribution in [0.2, 0.25) is 0 Å². The topological polar surface area (TPSA) is 45.8 Å². The fraction of sp³-hybridized carbons (Fsp3) is 0.391. The summed E-state index contributed by atoms with van der Waals surface area (Å²) in [5.74, 6) is 1.80. The maximum atomic E-state index is 9.71. The molecular weight excluding hydrogens is 338 g/mol. The molecule has 2 aromatic carbocycles. The molecule has 2 heterocycles.